The summed E-state index contributed by atoms with van der Waals surface area (Å²) in [6.07, 6.45) is 0. The van der Waals surface area contributed by atoms with E-state index in [0.29, 0.717) is 13.4 Å². The topological polar surface area (TPSA) is 18.5 Å². The Kier molecular flexibility index (Phi) is 9.21. The molecule has 0 aromatic heterocycles. The first kappa shape index (κ1) is 11.6. The fourth-order valence-corrected chi connectivity index (χ4v) is 0.912. The van der Waals surface area contributed by atoms with Crippen molar-refractivity contribution >= 4 is 24.4 Å². The summed E-state index contributed by atoms with van der Waals surface area (Å²) in [7, 11) is 0. The van der Waals surface area contributed by atoms with Gasteiger partial charge in [-0.2, -0.15) is 12.6 Å². The number of rotatable bonds is 7. The summed E-state index contributed by atoms with van der Waals surface area (Å²) in [6, 6.07) is 0. The maximum absolute atomic E-state index is 5.13. The molecule has 0 aromatic rings. The molecule has 2 nitrogen and oxygen atoms in total. The van der Waals surface area contributed by atoms with E-state index in [9.17, 15) is 0 Å². The zero-order chi connectivity index (χ0) is 8.53. The van der Waals surface area contributed by atoms with Gasteiger partial charge in [0.1, 0.15) is 6.79 Å². The van der Waals surface area contributed by atoms with Crippen LogP contribution in [0.2, 0.25) is 0 Å². The highest BCUT2D eigenvalue weighted by Crippen LogP contribution is 1.99. The van der Waals surface area contributed by atoms with Gasteiger partial charge < -0.3 is 9.47 Å². The van der Waals surface area contributed by atoms with Gasteiger partial charge in [0.2, 0.25) is 0 Å². The van der Waals surface area contributed by atoms with Crippen LogP contribution >= 0.6 is 24.4 Å². The zero-order valence-corrected chi connectivity index (χ0v) is 8.79. The molecule has 0 saturated carbocycles. The highest BCUT2D eigenvalue weighted by atomic mass is 32.2. The minimum atomic E-state index is 0.289. The number of thioether (sulfide) groups is 1. The van der Waals surface area contributed by atoms with E-state index >= 15 is 0 Å². The number of hydrogen-bond acceptors (Lipinski definition) is 4. The van der Waals surface area contributed by atoms with Crippen LogP contribution < -0.4 is 0 Å². The zero-order valence-electron chi connectivity index (χ0n) is 7.08. The molecule has 0 heterocycles. The molecule has 0 aliphatic heterocycles. The summed E-state index contributed by atoms with van der Waals surface area (Å²) in [5, 5.41) is 0.289. The van der Waals surface area contributed by atoms with E-state index in [-0.39, 0.29) is 5.25 Å². The van der Waals surface area contributed by atoms with Crippen LogP contribution in [-0.2, 0) is 9.47 Å². The Hall–Kier alpha value is 0.620. The Bertz CT molecular complexity index is 78.8. The maximum Gasteiger partial charge on any atom is 0.147 e. The molecule has 0 amide bonds. The molecule has 68 valence electrons. The molecule has 4 heteroatoms. The molecule has 11 heavy (non-hydrogen) atoms. The standard InChI is InChI=1S/C7H16O2S2/c1-3-11-6-9-5-8-4-7(2)10/h7,10H,3-6H2,1-2H3. The smallest absolute Gasteiger partial charge is 0.147 e. The Morgan fingerprint density at radius 1 is 1.45 bits per heavy atom. The predicted octanol–water partition coefficient (Wildman–Crippen LogP) is 2.01. The van der Waals surface area contributed by atoms with Crippen molar-refractivity contribution < 1.29 is 9.47 Å². The van der Waals surface area contributed by atoms with Crippen LogP contribution in [-0.4, -0.2) is 30.3 Å². The molecule has 1 atom stereocenters. The number of thiol groups is 1. The fraction of sp³-hybridized carbons (Fsp3) is 1.00. The highest BCUT2D eigenvalue weighted by Gasteiger charge is 1.93. The van der Waals surface area contributed by atoms with E-state index in [2.05, 4.69) is 19.6 Å². The van der Waals surface area contributed by atoms with Crippen LogP contribution in [0.4, 0.5) is 0 Å². The summed E-state index contributed by atoms with van der Waals surface area (Å²) in [5.74, 6) is 1.81. The Labute approximate surface area is 78.4 Å². The van der Waals surface area contributed by atoms with Gasteiger partial charge in [-0.3, -0.25) is 0 Å². The molecule has 0 aliphatic rings. The van der Waals surface area contributed by atoms with Crippen LogP contribution in [0.5, 0.6) is 0 Å². The first-order valence-electron chi connectivity index (χ1n) is 3.68. The molecule has 0 fully saturated rings. The number of hydrogen-bond donors (Lipinski definition) is 1. The van der Waals surface area contributed by atoms with E-state index in [1.165, 1.54) is 0 Å². The summed E-state index contributed by atoms with van der Waals surface area (Å²) in [4.78, 5) is 0. The van der Waals surface area contributed by atoms with Crippen molar-refractivity contribution in [1.82, 2.24) is 0 Å². The van der Waals surface area contributed by atoms with E-state index in [4.69, 9.17) is 9.47 Å². The molecule has 0 radical (unpaired) electrons. The van der Waals surface area contributed by atoms with Crippen LogP contribution in [0.25, 0.3) is 0 Å². The Morgan fingerprint density at radius 3 is 2.73 bits per heavy atom. The summed E-state index contributed by atoms with van der Waals surface area (Å²) in [6.45, 7) is 5.13. The van der Waals surface area contributed by atoms with Crippen molar-refractivity contribution in [3.8, 4) is 0 Å². The fourth-order valence-electron chi connectivity index (χ4n) is 0.454. The molecule has 0 spiro atoms. The Morgan fingerprint density at radius 2 is 2.18 bits per heavy atom. The largest absolute Gasteiger partial charge is 0.354 e. The van der Waals surface area contributed by atoms with Gasteiger partial charge in [0, 0.05) is 5.25 Å². The van der Waals surface area contributed by atoms with Crippen molar-refractivity contribution in [2.24, 2.45) is 0 Å². The third kappa shape index (κ3) is 10.6. The summed E-state index contributed by atoms with van der Waals surface area (Å²) >= 11 is 5.90. The monoisotopic (exact) mass is 196 g/mol. The van der Waals surface area contributed by atoms with Crippen LogP contribution in [0.15, 0.2) is 0 Å². The molecular weight excluding hydrogens is 180 g/mol. The second-order valence-electron chi connectivity index (χ2n) is 2.15. The van der Waals surface area contributed by atoms with Crippen molar-refractivity contribution in [2.45, 2.75) is 19.1 Å². The van der Waals surface area contributed by atoms with Crippen molar-refractivity contribution in [3.63, 3.8) is 0 Å². The quantitative estimate of drug-likeness (QED) is 0.382. The molecule has 0 rings (SSSR count). The van der Waals surface area contributed by atoms with E-state index in [1.807, 2.05) is 6.92 Å². The van der Waals surface area contributed by atoms with Crippen LogP contribution in [0, 0.1) is 0 Å². The summed E-state index contributed by atoms with van der Waals surface area (Å²) in [5.41, 5.74) is 0. The van der Waals surface area contributed by atoms with Gasteiger partial charge in [-0.1, -0.05) is 13.8 Å². The number of ether oxygens (including phenoxy) is 2. The lowest BCUT2D eigenvalue weighted by Crippen LogP contribution is -2.07. The maximum atomic E-state index is 5.13. The highest BCUT2D eigenvalue weighted by molar-refractivity contribution is 7.99. The average Bonchev–Trinajstić information content (AvgIpc) is 1.96. The summed E-state index contributed by atoms with van der Waals surface area (Å²) < 4.78 is 10.3. The van der Waals surface area contributed by atoms with E-state index in [1.54, 1.807) is 11.8 Å². The first-order chi connectivity index (χ1) is 5.27. The van der Waals surface area contributed by atoms with Crippen LogP contribution in [0.1, 0.15) is 13.8 Å². The minimum Gasteiger partial charge on any atom is -0.354 e. The van der Waals surface area contributed by atoms with Crippen molar-refractivity contribution in [2.75, 3.05) is 25.1 Å². The van der Waals surface area contributed by atoms with Gasteiger partial charge in [0.15, 0.2) is 0 Å². The molecular formula is C7H16O2S2. The molecule has 0 saturated heterocycles. The third-order valence-corrected chi connectivity index (χ3v) is 1.79. The molecule has 0 aliphatic carbocycles. The molecule has 0 aromatic carbocycles. The predicted molar refractivity (Wildman–Crippen MR) is 53.4 cm³/mol. The van der Waals surface area contributed by atoms with E-state index in [0.717, 1.165) is 11.7 Å². The lowest BCUT2D eigenvalue weighted by atomic mass is 10.5. The second kappa shape index (κ2) is 8.71. The van der Waals surface area contributed by atoms with Crippen molar-refractivity contribution in [3.05, 3.63) is 0 Å². The van der Waals surface area contributed by atoms with Crippen LogP contribution in [0.3, 0.4) is 0 Å². The van der Waals surface area contributed by atoms with Gasteiger partial charge in [-0.05, 0) is 5.75 Å². The SMILES string of the molecule is CCSCOCOCC(C)S. The minimum absolute atomic E-state index is 0.289. The van der Waals surface area contributed by atoms with Gasteiger partial charge in [-0.25, -0.2) is 0 Å². The first-order valence-corrected chi connectivity index (χ1v) is 5.35. The van der Waals surface area contributed by atoms with E-state index < -0.39 is 0 Å². The van der Waals surface area contributed by atoms with Gasteiger partial charge in [0.05, 0.1) is 12.5 Å². The van der Waals surface area contributed by atoms with Gasteiger partial charge in [-0.15, -0.1) is 11.8 Å². The van der Waals surface area contributed by atoms with Gasteiger partial charge >= 0.3 is 0 Å². The average molecular weight is 196 g/mol. The molecule has 1 unspecified atom stereocenters. The second-order valence-corrected chi connectivity index (χ2v) is 4.26. The van der Waals surface area contributed by atoms with Gasteiger partial charge in [0.25, 0.3) is 0 Å². The third-order valence-electron chi connectivity index (χ3n) is 0.897. The normalized spacial score (nSPS) is 13.4. The molecule has 0 bridgehead atoms. The molecule has 0 N–H and O–H groups in total. The Balaban J connectivity index is 2.80. The van der Waals surface area contributed by atoms with Crippen molar-refractivity contribution in [1.29, 1.82) is 0 Å². The lowest BCUT2D eigenvalue weighted by molar-refractivity contribution is -0.0346. The lowest BCUT2D eigenvalue weighted by Gasteiger charge is -2.06.